The molecule has 2 heteroatoms. The van der Waals surface area contributed by atoms with Crippen molar-refractivity contribution in [1.29, 1.82) is 5.26 Å². The largest absolute Gasteiger partial charge is 0.307 e. The summed E-state index contributed by atoms with van der Waals surface area (Å²) in [5.74, 6) is 0. The zero-order valence-corrected chi connectivity index (χ0v) is 15.6. The zero-order chi connectivity index (χ0) is 19.4. The lowest BCUT2D eigenvalue weighted by Crippen LogP contribution is -1.97. The summed E-state index contributed by atoms with van der Waals surface area (Å²) in [5.41, 5.74) is 3.86. The minimum atomic E-state index is 0.674. The minimum absolute atomic E-state index is 0.674. The van der Waals surface area contributed by atoms with Gasteiger partial charge in [0.1, 0.15) is 6.07 Å². The van der Waals surface area contributed by atoms with Crippen LogP contribution in [0.25, 0.3) is 49.0 Å². The van der Waals surface area contributed by atoms with Gasteiger partial charge in [-0.05, 0) is 34.4 Å². The molecule has 0 amide bonds. The molecule has 0 N–H and O–H groups in total. The van der Waals surface area contributed by atoms with Crippen molar-refractivity contribution in [3.63, 3.8) is 0 Å². The van der Waals surface area contributed by atoms with E-state index < -0.39 is 0 Å². The predicted octanol–water partition coefficient (Wildman–Crippen LogP) is 6.96. The summed E-state index contributed by atoms with van der Waals surface area (Å²) in [6.07, 6.45) is 0. The van der Waals surface area contributed by atoms with Gasteiger partial charge in [0.25, 0.3) is 0 Å². The lowest BCUT2D eigenvalue weighted by Gasteiger charge is -2.11. The minimum Gasteiger partial charge on any atom is -0.307 e. The first kappa shape index (κ1) is 15.9. The van der Waals surface area contributed by atoms with Gasteiger partial charge in [0.15, 0.2) is 0 Å². The third-order valence-corrected chi connectivity index (χ3v) is 5.81. The molecule has 6 aromatic rings. The number of hydrogen-bond acceptors (Lipinski definition) is 1. The van der Waals surface area contributed by atoms with Gasteiger partial charge in [0.2, 0.25) is 0 Å². The standard InChI is InChI=1S/C27H16N2/c28-17-20-9-3-6-12-24(20)29-25-16-14-18-7-1-4-10-21(18)26(25)23-15-13-19-8-2-5-11-22(19)27(23)29/h1-16H. The van der Waals surface area contributed by atoms with Crippen molar-refractivity contribution in [3.05, 3.63) is 103 Å². The topological polar surface area (TPSA) is 28.7 Å². The van der Waals surface area contributed by atoms with Crippen molar-refractivity contribution in [2.24, 2.45) is 0 Å². The third-order valence-electron chi connectivity index (χ3n) is 5.81. The van der Waals surface area contributed by atoms with E-state index in [-0.39, 0.29) is 0 Å². The van der Waals surface area contributed by atoms with Gasteiger partial charge in [-0.15, -0.1) is 0 Å². The Bertz CT molecular complexity index is 1610. The molecule has 1 heterocycles. The number of para-hydroxylation sites is 1. The molecule has 5 aromatic carbocycles. The highest BCUT2D eigenvalue weighted by Gasteiger charge is 2.18. The molecule has 0 atom stereocenters. The van der Waals surface area contributed by atoms with E-state index in [2.05, 4.69) is 83.4 Å². The molecule has 2 nitrogen and oxygen atoms in total. The SMILES string of the molecule is N#Cc1ccccc1-n1c2ccc3ccccc3c2c2ccc3ccccc3c21. The van der Waals surface area contributed by atoms with E-state index in [1.165, 1.54) is 32.3 Å². The van der Waals surface area contributed by atoms with Crippen LogP contribution in [-0.4, -0.2) is 4.57 Å². The van der Waals surface area contributed by atoms with Crippen LogP contribution >= 0.6 is 0 Å². The number of benzene rings is 5. The Hall–Kier alpha value is -4.09. The second-order valence-electron chi connectivity index (χ2n) is 7.33. The fourth-order valence-corrected chi connectivity index (χ4v) is 4.56. The lowest BCUT2D eigenvalue weighted by molar-refractivity contribution is 1.17. The molecule has 0 spiro atoms. The monoisotopic (exact) mass is 368 g/mol. The fourth-order valence-electron chi connectivity index (χ4n) is 4.56. The van der Waals surface area contributed by atoms with Gasteiger partial charge in [-0.1, -0.05) is 78.9 Å². The highest BCUT2D eigenvalue weighted by atomic mass is 15.0. The molecule has 0 fully saturated rings. The van der Waals surface area contributed by atoms with Gasteiger partial charge in [-0.25, -0.2) is 0 Å². The average Bonchev–Trinajstić information content (AvgIpc) is 3.14. The van der Waals surface area contributed by atoms with Crippen molar-refractivity contribution in [2.45, 2.75) is 0 Å². The molecule has 0 saturated carbocycles. The van der Waals surface area contributed by atoms with Gasteiger partial charge in [0.05, 0.1) is 22.3 Å². The predicted molar refractivity (Wildman–Crippen MR) is 121 cm³/mol. The van der Waals surface area contributed by atoms with Gasteiger partial charge >= 0.3 is 0 Å². The molecule has 134 valence electrons. The van der Waals surface area contributed by atoms with Crippen LogP contribution in [0.1, 0.15) is 5.56 Å². The quantitative estimate of drug-likeness (QED) is 0.308. The maximum atomic E-state index is 9.78. The summed E-state index contributed by atoms with van der Waals surface area (Å²) < 4.78 is 2.26. The van der Waals surface area contributed by atoms with E-state index in [9.17, 15) is 5.26 Å². The van der Waals surface area contributed by atoms with Crippen LogP contribution in [-0.2, 0) is 0 Å². The van der Waals surface area contributed by atoms with Crippen LogP contribution in [0.15, 0.2) is 97.1 Å². The van der Waals surface area contributed by atoms with Crippen LogP contribution in [0, 0.1) is 11.3 Å². The van der Waals surface area contributed by atoms with Crippen LogP contribution in [0.4, 0.5) is 0 Å². The Kier molecular flexibility index (Phi) is 3.27. The maximum Gasteiger partial charge on any atom is 0.101 e. The maximum absolute atomic E-state index is 9.78. The highest BCUT2D eigenvalue weighted by molar-refractivity contribution is 6.25. The average molecular weight is 368 g/mol. The zero-order valence-electron chi connectivity index (χ0n) is 15.6. The van der Waals surface area contributed by atoms with Gasteiger partial charge in [0, 0.05) is 16.2 Å². The molecule has 0 aliphatic rings. The number of nitrogens with zero attached hydrogens (tertiary/aromatic N) is 2. The first-order valence-electron chi connectivity index (χ1n) is 9.70. The van der Waals surface area contributed by atoms with Crippen molar-refractivity contribution in [2.75, 3.05) is 0 Å². The molecule has 29 heavy (non-hydrogen) atoms. The van der Waals surface area contributed by atoms with E-state index in [1.54, 1.807) is 0 Å². The number of aromatic nitrogens is 1. The first-order chi connectivity index (χ1) is 14.4. The molecular weight excluding hydrogens is 352 g/mol. The fraction of sp³-hybridized carbons (Fsp3) is 0. The highest BCUT2D eigenvalue weighted by Crippen LogP contribution is 2.40. The van der Waals surface area contributed by atoms with Gasteiger partial charge in [-0.2, -0.15) is 5.26 Å². The van der Waals surface area contributed by atoms with Crippen molar-refractivity contribution >= 4 is 43.4 Å². The molecule has 0 bridgehead atoms. The molecule has 1 aromatic heterocycles. The van der Waals surface area contributed by atoms with E-state index in [4.69, 9.17) is 0 Å². The Morgan fingerprint density at radius 1 is 0.586 bits per heavy atom. The molecule has 0 radical (unpaired) electrons. The van der Waals surface area contributed by atoms with E-state index in [0.29, 0.717) is 5.56 Å². The van der Waals surface area contributed by atoms with Crippen LogP contribution < -0.4 is 0 Å². The van der Waals surface area contributed by atoms with E-state index in [1.807, 2.05) is 24.3 Å². The van der Waals surface area contributed by atoms with E-state index in [0.717, 1.165) is 16.7 Å². The lowest BCUT2D eigenvalue weighted by atomic mass is 10.0. The molecule has 0 saturated heterocycles. The third kappa shape index (κ3) is 2.16. The number of nitriles is 1. The summed E-state index contributed by atoms with van der Waals surface area (Å²) in [6.45, 7) is 0. The summed E-state index contributed by atoms with van der Waals surface area (Å²) >= 11 is 0. The van der Waals surface area contributed by atoms with Crippen molar-refractivity contribution < 1.29 is 0 Å². The first-order valence-corrected chi connectivity index (χ1v) is 9.70. The van der Waals surface area contributed by atoms with Gasteiger partial charge in [-0.3, -0.25) is 0 Å². The van der Waals surface area contributed by atoms with Crippen molar-refractivity contribution in [3.8, 4) is 11.8 Å². The van der Waals surface area contributed by atoms with E-state index >= 15 is 0 Å². The summed E-state index contributed by atoms with van der Waals surface area (Å²) in [6, 6.07) is 36.0. The Balaban J connectivity index is 1.96. The normalized spacial score (nSPS) is 11.4. The Morgan fingerprint density at radius 3 is 2.07 bits per heavy atom. The molecule has 0 aliphatic carbocycles. The summed E-state index contributed by atoms with van der Waals surface area (Å²) in [7, 11) is 0. The van der Waals surface area contributed by atoms with Crippen molar-refractivity contribution in [1.82, 2.24) is 4.57 Å². The smallest absolute Gasteiger partial charge is 0.101 e. The number of rotatable bonds is 1. The number of hydrogen-bond donors (Lipinski definition) is 0. The summed E-state index contributed by atoms with van der Waals surface area (Å²) in [4.78, 5) is 0. The van der Waals surface area contributed by atoms with Gasteiger partial charge < -0.3 is 4.57 Å². The van der Waals surface area contributed by atoms with Crippen LogP contribution in [0.5, 0.6) is 0 Å². The molecule has 0 unspecified atom stereocenters. The Labute approximate surface area is 167 Å². The second-order valence-corrected chi connectivity index (χ2v) is 7.33. The second kappa shape index (κ2) is 5.95. The molecular formula is C27H16N2. The Morgan fingerprint density at radius 2 is 1.24 bits per heavy atom. The molecule has 0 aliphatic heterocycles. The summed E-state index contributed by atoms with van der Waals surface area (Å²) in [5, 5.41) is 17.1. The molecule has 6 rings (SSSR count). The van der Waals surface area contributed by atoms with Crippen LogP contribution in [0.2, 0.25) is 0 Å². The van der Waals surface area contributed by atoms with Crippen LogP contribution in [0.3, 0.4) is 0 Å². The number of fused-ring (bicyclic) bond motifs is 7.